The standard InChI is InChI=1S/C28H35FO4.C21H31FO4/c1-4-9-20-12-14-22(15-13-20)24(28(30)31-3)18-23-16-17-25(32-5-2)26(29)27(23)33-19-21-10-7-6-8-11-21;1-4-6-14-7-9-15(10-8-14)17(21(24)25-3)13-16-11-12-18(26-5-2)19(22)20(16)23/h6-8,10-11,16-18,20,22H,4-5,9,12-15,19H2,1-3H3;11-12,14-15,17,23H,4-10,13H2,1-3H3. The number of aromatic hydroxyl groups is 1. The summed E-state index contributed by atoms with van der Waals surface area (Å²) < 4.78 is 56.3. The van der Waals surface area contributed by atoms with Crippen molar-refractivity contribution >= 4 is 18.0 Å². The van der Waals surface area contributed by atoms with Gasteiger partial charge in [0, 0.05) is 11.1 Å². The molecule has 0 radical (unpaired) electrons. The summed E-state index contributed by atoms with van der Waals surface area (Å²) in [5, 5.41) is 10.2. The summed E-state index contributed by atoms with van der Waals surface area (Å²) in [6.07, 6.45) is 15.1. The number of hydrogen-bond donors (Lipinski definition) is 1. The van der Waals surface area contributed by atoms with Crippen LogP contribution in [0.4, 0.5) is 8.78 Å². The molecule has 3 aromatic rings. The Kier molecular flexibility index (Phi) is 19.5. The molecule has 0 amide bonds. The highest BCUT2D eigenvalue weighted by Gasteiger charge is 2.34. The van der Waals surface area contributed by atoms with Crippen LogP contribution in [0.15, 0.2) is 60.2 Å². The average molecular weight is 821 g/mol. The Bertz CT molecular complexity index is 1780. The normalized spacial score (nSPS) is 19.8. The van der Waals surface area contributed by atoms with Gasteiger partial charge < -0.3 is 28.8 Å². The first kappa shape index (κ1) is 47.1. The number of ether oxygens (including phenoxy) is 5. The fourth-order valence-electron chi connectivity index (χ4n) is 8.75. The minimum absolute atomic E-state index is 0.0310. The largest absolute Gasteiger partial charge is 0.505 e. The van der Waals surface area contributed by atoms with Crippen LogP contribution < -0.4 is 14.2 Å². The fourth-order valence-corrected chi connectivity index (χ4v) is 8.75. The van der Waals surface area contributed by atoms with Crippen LogP contribution in [-0.4, -0.2) is 44.5 Å². The summed E-state index contributed by atoms with van der Waals surface area (Å²) in [7, 11) is 2.78. The monoisotopic (exact) mass is 820 g/mol. The van der Waals surface area contributed by atoms with Crippen molar-refractivity contribution in [3.63, 3.8) is 0 Å². The van der Waals surface area contributed by atoms with Crippen LogP contribution >= 0.6 is 0 Å². The molecule has 1 unspecified atom stereocenters. The van der Waals surface area contributed by atoms with Gasteiger partial charge in [0.2, 0.25) is 11.6 Å². The smallest absolute Gasteiger partial charge is 0.334 e. The first-order valence-corrected chi connectivity index (χ1v) is 21.7. The van der Waals surface area contributed by atoms with E-state index in [9.17, 15) is 19.1 Å². The molecule has 2 saturated carbocycles. The Morgan fingerprint density at radius 2 is 1.31 bits per heavy atom. The third-order valence-corrected chi connectivity index (χ3v) is 11.9. The van der Waals surface area contributed by atoms with Crippen molar-refractivity contribution in [3.8, 4) is 23.0 Å². The Hall–Kier alpha value is -4.60. The number of esters is 2. The number of phenolic OH excluding ortho intramolecular Hbond substituents is 1. The predicted molar refractivity (Wildman–Crippen MR) is 227 cm³/mol. The van der Waals surface area contributed by atoms with E-state index in [-0.39, 0.29) is 60.0 Å². The van der Waals surface area contributed by atoms with E-state index in [2.05, 4.69) is 13.8 Å². The van der Waals surface area contributed by atoms with Gasteiger partial charge in [-0.05, 0) is 118 Å². The molecule has 0 aliphatic heterocycles. The van der Waals surface area contributed by atoms with Gasteiger partial charge >= 0.3 is 11.9 Å². The van der Waals surface area contributed by atoms with E-state index < -0.39 is 17.4 Å². The topological polar surface area (TPSA) is 101 Å². The van der Waals surface area contributed by atoms with Crippen LogP contribution in [0.25, 0.3) is 6.08 Å². The van der Waals surface area contributed by atoms with Gasteiger partial charge in [0.15, 0.2) is 23.0 Å². The molecule has 1 N–H and O–H groups in total. The highest BCUT2D eigenvalue weighted by atomic mass is 19.1. The summed E-state index contributed by atoms with van der Waals surface area (Å²) in [4.78, 5) is 25.1. The second kappa shape index (κ2) is 24.5. The van der Waals surface area contributed by atoms with E-state index in [0.717, 1.165) is 68.8 Å². The number of carbonyl (C=O) groups excluding carboxylic acids is 2. The number of halogens is 2. The Balaban J connectivity index is 0.000000268. The van der Waals surface area contributed by atoms with E-state index in [4.69, 9.17) is 23.7 Å². The van der Waals surface area contributed by atoms with E-state index in [0.29, 0.717) is 29.9 Å². The predicted octanol–water partition coefficient (Wildman–Crippen LogP) is 11.8. The number of hydrogen-bond acceptors (Lipinski definition) is 8. The van der Waals surface area contributed by atoms with Crippen LogP contribution in [0.2, 0.25) is 0 Å². The maximum atomic E-state index is 15.3. The van der Waals surface area contributed by atoms with Crippen LogP contribution in [-0.2, 0) is 32.1 Å². The quantitative estimate of drug-likeness (QED) is 0.100. The van der Waals surface area contributed by atoms with E-state index in [1.54, 1.807) is 31.2 Å². The average Bonchev–Trinajstić information content (AvgIpc) is 3.26. The summed E-state index contributed by atoms with van der Waals surface area (Å²) in [5.74, 6) is -0.718. The van der Waals surface area contributed by atoms with Gasteiger partial charge in [-0.15, -0.1) is 0 Å². The van der Waals surface area contributed by atoms with Gasteiger partial charge in [-0.3, -0.25) is 4.79 Å². The minimum Gasteiger partial charge on any atom is -0.505 e. The summed E-state index contributed by atoms with van der Waals surface area (Å²) in [6.45, 7) is 8.86. The molecule has 0 spiro atoms. The van der Waals surface area contributed by atoms with Crippen molar-refractivity contribution in [1.29, 1.82) is 0 Å². The molecular weight excluding hydrogens is 755 g/mol. The molecule has 2 aliphatic carbocycles. The molecule has 5 rings (SSSR count). The third kappa shape index (κ3) is 13.5. The number of rotatable bonds is 18. The lowest BCUT2D eigenvalue weighted by Crippen LogP contribution is -2.30. The van der Waals surface area contributed by atoms with Gasteiger partial charge in [0.25, 0.3) is 0 Å². The van der Waals surface area contributed by atoms with E-state index in [1.165, 1.54) is 46.0 Å². The minimum atomic E-state index is -0.764. The first-order valence-electron chi connectivity index (χ1n) is 21.7. The summed E-state index contributed by atoms with van der Waals surface area (Å²) >= 11 is 0. The van der Waals surface area contributed by atoms with Crippen LogP contribution in [0.5, 0.6) is 23.0 Å². The van der Waals surface area contributed by atoms with Crippen molar-refractivity contribution < 1.29 is 47.2 Å². The molecule has 0 saturated heterocycles. The van der Waals surface area contributed by atoms with Gasteiger partial charge in [-0.1, -0.05) is 88.8 Å². The molecular formula is C49H66F2O8. The Morgan fingerprint density at radius 1 is 0.729 bits per heavy atom. The number of benzene rings is 3. The zero-order chi connectivity index (χ0) is 42.7. The zero-order valence-corrected chi connectivity index (χ0v) is 36.0. The summed E-state index contributed by atoms with van der Waals surface area (Å²) in [6, 6.07) is 16.1. The van der Waals surface area contributed by atoms with Gasteiger partial charge in [-0.25, -0.2) is 4.79 Å². The molecule has 8 nitrogen and oxygen atoms in total. The number of carbonyl (C=O) groups is 2. The molecule has 0 aromatic heterocycles. The molecule has 59 heavy (non-hydrogen) atoms. The van der Waals surface area contributed by atoms with Crippen molar-refractivity contribution in [3.05, 3.63) is 88.5 Å². The lowest BCUT2D eigenvalue weighted by molar-refractivity contribution is -0.148. The second-order valence-electron chi connectivity index (χ2n) is 15.8. The molecule has 10 heteroatoms. The van der Waals surface area contributed by atoms with E-state index >= 15 is 4.39 Å². The number of phenols is 1. The highest BCUT2D eigenvalue weighted by molar-refractivity contribution is 5.94. The SMILES string of the molecule is CCCC1CCC(C(=Cc2ccc(OCC)c(F)c2OCc2ccccc2)C(=O)OC)CC1.CCCC1CCC(C(Cc2ccc(OCC)c(F)c2O)C(=O)OC)CC1. The number of methoxy groups -OCH3 is 2. The molecule has 2 aliphatic rings. The lowest BCUT2D eigenvalue weighted by atomic mass is 9.73. The highest BCUT2D eigenvalue weighted by Crippen LogP contribution is 2.41. The Labute approximate surface area is 350 Å². The second-order valence-corrected chi connectivity index (χ2v) is 15.8. The van der Waals surface area contributed by atoms with Crippen molar-refractivity contribution in [2.45, 2.75) is 118 Å². The van der Waals surface area contributed by atoms with Crippen LogP contribution in [0.1, 0.15) is 121 Å². The first-order chi connectivity index (χ1) is 28.6. The maximum absolute atomic E-state index is 15.3. The summed E-state index contributed by atoms with van der Waals surface area (Å²) in [5.41, 5.74) is 2.46. The van der Waals surface area contributed by atoms with Crippen molar-refractivity contribution in [2.75, 3.05) is 27.4 Å². The molecule has 2 fully saturated rings. The van der Waals surface area contributed by atoms with Gasteiger partial charge in [0.1, 0.15) is 6.61 Å². The molecule has 3 aromatic carbocycles. The fraction of sp³-hybridized carbons (Fsp3) is 0.551. The molecule has 0 bridgehead atoms. The molecule has 1 atom stereocenters. The van der Waals surface area contributed by atoms with Crippen molar-refractivity contribution in [1.82, 2.24) is 0 Å². The maximum Gasteiger partial charge on any atom is 0.334 e. The van der Waals surface area contributed by atoms with Gasteiger partial charge in [0.05, 0.1) is 33.4 Å². The zero-order valence-electron chi connectivity index (χ0n) is 36.0. The van der Waals surface area contributed by atoms with Crippen molar-refractivity contribution in [2.24, 2.45) is 29.6 Å². The van der Waals surface area contributed by atoms with Crippen LogP contribution in [0, 0.1) is 41.2 Å². The molecule has 0 heterocycles. The van der Waals surface area contributed by atoms with Gasteiger partial charge in [-0.2, -0.15) is 8.78 Å². The third-order valence-electron chi connectivity index (χ3n) is 11.9. The Morgan fingerprint density at radius 3 is 1.86 bits per heavy atom. The van der Waals surface area contributed by atoms with Crippen LogP contribution in [0.3, 0.4) is 0 Å². The lowest BCUT2D eigenvalue weighted by Gasteiger charge is -2.32. The molecule has 324 valence electrons. The van der Waals surface area contributed by atoms with E-state index in [1.807, 2.05) is 37.3 Å².